The minimum absolute atomic E-state index is 0.745. The molecule has 0 amide bonds. The summed E-state index contributed by atoms with van der Waals surface area (Å²) in [5.41, 5.74) is 1.27. The lowest BCUT2D eigenvalue weighted by atomic mass is 9.82. The van der Waals surface area contributed by atoms with E-state index in [2.05, 4.69) is 15.5 Å². The molecule has 16 heavy (non-hydrogen) atoms. The highest BCUT2D eigenvalue weighted by Crippen LogP contribution is 2.43. The van der Waals surface area contributed by atoms with Crippen molar-refractivity contribution in [2.45, 2.75) is 51.1 Å². The molecule has 1 aromatic heterocycles. The summed E-state index contributed by atoms with van der Waals surface area (Å²) in [6, 6.07) is 0.745. The third kappa shape index (κ3) is 2.46. The van der Waals surface area contributed by atoms with Crippen molar-refractivity contribution in [2.75, 3.05) is 0 Å². The molecule has 2 aliphatic carbocycles. The van der Waals surface area contributed by atoms with E-state index in [-0.39, 0.29) is 0 Å². The summed E-state index contributed by atoms with van der Waals surface area (Å²) in [5, 5.41) is 10.5. The van der Waals surface area contributed by atoms with Gasteiger partial charge in [0.05, 0.1) is 6.20 Å². The molecule has 0 spiro atoms. The molecule has 2 aliphatic rings. The highest BCUT2D eigenvalue weighted by atomic mass is 15.1. The Bertz CT molecular complexity index is 316. The minimum Gasteiger partial charge on any atom is -0.310 e. The molecular formula is C13H21N3. The van der Waals surface area contributed by atoms with E-state index in [9.17, 15) is 0 Å². The predicted molar refractivity (Wildman–Crippen MR) is 63.9 cm³/mol. The van der Waals surface area contributed by atoms with E-state index in [1.165, 1.54) is 44.1 Å². The molecule has 2 saturated carbocycles. The van der Waals surface area contributed by atoms with Gasteiger partial charge in [0.1, 0.15) is 0 Å². The van der Waals surface area contributed by atoms with E-state index in [1.54, 1.807) is 0 Å². The third-order valence-corrected chi connectivity index (χ3v) is 4.15. The van der Waals surface area contributed by atoms with Crippen LogP contribution in [-0.4, -0.2) is 16.2 Å². The Balaban J connectivity index is 1.47. The summed E-state index contributed by atoms with van der Waals surface area (Å²) in [6.07, 6.45) is 12.6. The van der Waals surface area contributed by atoms with Crippen molar-refractivity contribution < 1.29 is 0 Å². The smallest absolute Gasteiger partial charge is 0.0532 e. The summed E-state index contributed by atoms with van der Waals surface area (Å²) in [4.78, 5) is 0. The Hall–Kier alpha value is -0.830. The first-order chi connectivity index (χ1) is 7.92. The number of rotatable bonds is 4. The lowest BCUT2D eigenvalue weighted by Crippen LogP contribution is -2.34. The summed E-state index contributed by atoms with van der Waals surface area (Å²) >= 11 is 0. The maximum atomic E-state index is 3.97. The van der Waals surface area contributed by atoms with Crippen LogP contribution in [0.2, 0.25) is 0 Å². The van der Waals surface area contributed by atoms with Crippen LogP contribution in [0.15, 0.2) is 12.4 Å². The van der Waals surface area contributed by atoms with Gasteiger partial charge in [-0.1, -0.05) is 12.8 Å². The fourth-order valence-electron chi connectivity index (χ4n) is 3.05. The molecule has 2 N–H and O–H groups in total. The molecule has 1 heterocycles. The molecule has 3 rings (SSSR count). The van der Waals surface area contributed by atoms with Crippen molar-refractivity contribution in [1.29, 1.82) is 0 Å². The zero-order valence-electron chi connectivity index (χ0n) is 9.78. The van der Waals surface area contributed by atoms with Gasteiger partial charge in [0.2, 0.25) is 0 Å². The number of nitrogens with zero attached hydrogens (tertiary/aromatic N) is 1. The first kappa shape index (κ1) is 10.3. The number of nitrogens with one attached hydrogen (secondary N) is 2. The van der Waals surface area contributed by atoms with Gasteiger partial charge in [0.15, 0.2) is 0 Å². The maximum absolute atomic E-state index is 3.97. The molecule has 1 aromatic rings. The largest absolute Gasteiger partial charge is 0.310 e. The summed E-state index contributed by atoms with van der Waals surface area (Å²) in [7, 11) is 0. The van der Waals surface area contributed by atoms with Crippen molar-refractivity contribution in [3.05, 3.63) is 18.0 Å². The van der Waals surface area contributed by atoms with Crippen LogP contribution in [0.1, 0.15) is 44.1 Å². The molecule has 0 aliphatic heterocycles. The Morgan fingerprint density at radius 3 is 2.94 bits per heavy atom. The second-order valence-corrected chi connectivity index (χ2v) is 5.45. The summed E-state index contributed by atoms with van der Waals surface area (Å²) in [6.45, 7) is 0.971. The molecule has 2 fully saturated rings. The van der Waals surface area contributed by atoms with Gasteiger partial charge in [-0.05, 0) is 37.5 Å². The van der Waals surface area contributed by atoms with Gasteiger partial charge in [-0.2, -0.15) is 5.10 Å². The zero-order chi connectivity index (χ0) is 10.8. The zero-order valence-corrected chi connectivity index (χ0v) is 9.78. The summed E-state index contributed by atoms with van der Waals surface area (Å²) < 4.78 is 0. The van der Waals surface area contributed by atoms with E-state index >= 15 is 0 Å². The molecule has 3 heteroatoms. The highest BCUT2D eigenvalue weighted by molar-refractivity contribution is 5.02. The molecule has 0 saturated heterocycles. The quantitative estimate of drug-likeness (QED) is 0.816. The molecule has 2 unspecified atom stereocenters. The normalized spacial score (nSPS) is 30.5. The van der Waals surface area contributed by atoms with Gasteiger partial charge in [-0.3, -0.25) is 5.10 Å². The van der Waals surface area contributed by atoms with Crippen LogP contribution in [0, 0.1) is 11.8 Å². The molecule has 3 nitrogen and oxygen atoms in total. The van der Waals surface area contributed by atoms with Crippen LogP contribution in [0.5, 0.6) is 0 Å². The van der Waals surface area contributed by atoms with Gasteiger partial charge in [0.25, 0.3) is 0 Å². The van der Waals surface area contributed by atoms with E-state index in [0.29, 0.717) is 0 Å². The average molecular weight is 219 g/mol. The number of hydrogen-bond acceptors (Lipinski definition) is 2. The first-order valence-corrected chi connectivity index (χ1v) is 6.63. The molecule has 0 bridgehead atoms. The second-order valence-electron chi connectivity index (χ2n) is 5.45. The average Bonchev–Trinajstić information content (AvgIpc) is 3.05. The van der Waals surface area contributed by atoms with E-state index in [4.69, 9.17) is 0 Å². The predicted octanol–water partition coefficient (Wildman–Crippen LogP) is 2.47. The highest BCUT2D eigenvalue weighted by Gasteiger charge is 2.34. The van der Waals surface area contributed by atoms with Gasteiger partial charge in [-0.25, -0.2) is 0 Å². The maximum Gasteiger partial charge on any atom is 0.0532 e. The fraction of sp³-hybridized carbons (Fsp3) is 0.769. The van der Waals surface area contributed by atoms with Crippen molar-refractivity contribution >= 4 is 0 Å². The molecule has 0 radical (unpaired) electrons. The van der Waals surface area contributed by atoms with E-state index in [0.717, 1.165) is 24.4 Å². The van der Waals surface area contributed by atoms with Crippen LogP contribution in [-0.2, 0) is 6.54 Å². The fourth-order valence-corrected chi connectivity index (χ4v) is 3.05. The van der Waals surface area contributed by atoms with Crippen LogP contribution < -0.4 is 5.32 Å². The lowest BCUT2D eigenvalue weighted by Gasteiger charge is -2.29. The number of aromatic nitrogens is 2. The summed E-state index contributed by atoms with van der Waals surface area (Å²) in [5.74, 6) is 2.11. The lowest BCUT2D eigenvalue weighted by molar-refractivity contribution is 0.260. The van der Waals surface area contributed by atoms with Crippen molar-refractivity contribution in [3.63, 3.8) is 0 Å². The van der Waals surface area contributed by atoms with Gasteiger partial charge < -0.3 is 5.32 Å². The monoisotopic (exact) mass is 219 g/mol. The Morgan fingerprint density at radius 2 is 2.19 bits per heavy atom. The van der Waals surface area contributed by atoms with Gasteiger partial charge in [-0.15, -0.1) is 0 Å². The second kappa shape index (κ2) is 4.58. The number of aromatic amines is 1. The third-order valence-electron chi connectivity index (χ3n) is 4.15. The Kier molecular flexibility index (Phi) is 2.96. The Labute approximate surface area is 97.0 Å². The van der Waals surface area contributed by atoms with Crippen molar-refractivity contribution in [1.82, 2.24) is 15.5 Å². The topological polar surface area (TPSA) is 40.7 Å². The van der Waals surface area contributed by atoms with Crippen molar-refractivity contribution in [2.24, 2.45) is 11.8 Å². The first-order valence-electron chi connectivity index (χ1n) is 6.63. The van der Waals surface area contributed by atoms with E-state index < -0.39 is 0 Å². The van der Waals surface area contributed by atoms with Crippen molar-refractivity contribution in [3.8, 4) is 0 Å². The molecule has 0 aromatic carbocycles. The van der Waals surface area contributed by atoms with Crippen LogP contribution in [0.4, 0.5) is 0 Å². The molecular weight excluding hydrogens is 198 g/mol. The van der Waals surface area contributed by atoms with Crippen LogP contribution in [0.3, 0.4) is 0 Å². The minimum atomic E-state index is 0.745. The van der Waals surface area contributed by atoms with Gasteiger partial charge in [0, 0.05) is 24.3 Å². The molecule has 2 atom stereocenters. The van der Waals surface area contributed by atoms with Crippen LogP contribution in [0.25, 0.3) is 0 Å². The molecule has 88 valence electrons. The number of H-pyrrole nitrogens is 1. The van der Waals surface area contributed by atoms with E-state index in [1.807, 2.05) is 12.4 Å². The Morgan fingerprint density at radius 1 is 1.25 bits per heavy atom. The van der Waals surface area contributed by atoms with Gasteiger partial charge >= 0.3 is 0 Å². The van der Waals surface area contributed by atoms with Crippen LogP contribution >= 0.6 is 0 Å². The standard InChI is InChI=1S/C13H21N3/c1-2-12(11-4-5-11)6-13(3-1)14-7-10-8-15-16-9-10/h8-9,11-14H,1-7H2,(H,15,16). The SMILES string of the molecule is c1n[nH]cc1CNC1CCCC(C2CC2)C1. The number of hydrogen-bond donors (Lipinski definition) is 2.